The van der Waals surface area contributed by atoms with Crippen LogP contribution in [0.2, 0.25) is 5.02 Å². The average molecular weight is 196 g/mol. The van der Waals surface area contributed by atoms with Crippen LogP contribution in [0.25, 0.3) is 6.08 Å². The molecule has 0 fully saturated rings. The Morgan fingerprint density at radius 1 is 1.31 bits per heavy atom. The summed E-state index contributed by atoms with van der Waals surface area (Å²) in [5, 5.41) is 0.757. The van der Waals surface area contributed by atoms with E-state index in [0.29, 0.717) is 6.54 Å². The molecule has 0 aliphatic rings. The lowest BCUT2D eigenvalue weighted by Crippen LogP contribution is -1.90. The van der Waals surface area contributed by atoms with E-state index < -0.39 is 0 Å². The number of halogens is 1. The van der Waals surface area contributed by atoms with Crippen molar-refractivity contribution in [3.63, 3.8) is 0 Å². The average Bonchev–Trinajstić information content (AvgIpc) is 2.19. The number of hydrogen-bond donors (Lipinski definition) is 1. The highest BCUT2D eigenvalue weighted by Gasteiger charge is 1.89. The smallest absolute Gasteiger partial charge is 0.0478 e. The van der Waals surface area contributed by atoms with Crippen LogP contribution in [0, 0.1) is 0 Å². The van der Waals surface area contributed by atoms with Gasteiger partial charge in [0.1, 0.15) is 0 Å². The summed E-state index contributed by atoms with van der Waals surface area (Å²) in [5.41, 5.74) is 5.90. The largest absolute Gasteiger partial charge is 0.327 e. The monoisotopic (exact) mass is 195 g/mol. The summed E-state index contributed by atoms with van der Waals surface area (Å²) in [7, 11) is 0. The molecule has 1 rings (SSSR count). The fourth-order valence-electron chi connectivity index (χ4n) is 0.641. The summed E-state index contributed by atoms with van der Waals surface area (Å²) in [6.07, 6.45) is 3.39. The highest BCUT2D eigenvalue weighted by atomic mass is 35.5. The maximum atomic E-state index is 5.75. The summed E-state index contributed by atoms with van der Waals surface area (Å²) in [5.74, 6) is 0. The molecule has 0 aliphatic heterocycles. The van der Waals surface area contributed by atoms with Crippen LogP contribution in [0.5, 0.6) is 0 Å². The molecular formula is C11H14ClN. The van der Waals surface area contributed by atoms with Gasteiger partial charge in [-0.2, -0.15) is 0 Å². The molecule has 0 radical (unpaired) electrons. The second-order valence-electron chi connectivity index (χ2n) is 2.25. The second-order valence-corrected chi connectivity index (χ2v) is 2.66. The van der Waals surface area contributed by atoms with Crippen LogP contribution in [0.15, 0.2) is 43.5 Å². The van der Waals surface area contributed by atoms with E-state index in [1.807, 2.05) is 24.3 Å². The molecule has 0 aliphatic carbocycles. The Balaban J connectivity index is 0.000000310. The third-order valence-corrected chi connectivity index (χ3v) is 1.64. The number of benzene rings is 1. The van der Waals surface area contributed by atoms with Crippen molar-refractivity contribution >= 4 is 17.7 Å². The molecule has 1 nitrogen and oxygen atoms in total. The van der Waals surface area contributed by atoms with E-state index in [9.17, 15) is 0 Å². The van der Waals surface area contributed by atoms with E-state index in [2.05, 4.69) is 13.2 Å². The van der Waals surface area contributed by atoms with Crippen molar-refractivity contribution in [1.82, 2.24) is 0 Å². The van der Waals surface area contributed by atoms with Crippen LogP contribution in [0.1, 0.15) is 5.56 Å². The molecule has 2 heteroatoms. The Morgan fingerprint density at radius 2 is 1.85 bits per heavy atom. The molecule has 70 valence electrons. The van der Waals surface area contributed by atoms with Crippen LogP contribution in [0.4, 0.5) is 0 Å². The quantitative estimate of drug-likeness (QED) is 0.722. The lowest BCUT2D eigenvalue weighted by molar-refractivity contribution is 1.26. The molecule has 0 saturated carbocycles. The molecule has 1 aromatic rings. The fourth-order valence-corrected chi connectivity index (χ4v) is 0.854. The Kier molecular flexibility index (Phi) is 6.98. The summed E-state index contributed by atoms with van der Waals surface area (Å²) in [4.78, 5) is 0. The summed E-state index contributed by atoms with van der Waals surface area (Å²) in [6, 6.07) is 7.60. The Labute approximate surface area is 84.5 Å². The molecule has 0 amide bonds. The van der Waals surface area contributed by atoms with Crippen molar-refractivity contribution in [1.29, 1.82) is 0 Å². The number of hydrogen-bond acceptors (Lipinski definition) is 1. The minimum Gasteiger partial charge on any atom is -0.327 e. The van der Waals surface area contributed by atoms with Gasteiger partial charge in [-0.1, -0.05) is 48.5 Å². The maximum absolute atomic E-state index is 5.75. The van der Waals surface area contributed by atoms with Crippen LogP contribution in [-0.4, -0.2) is 6.54 Å². The first-order valence-corrected chi connectivity index (χ1v) is 4.32. The van der Waals surface area contributed by atoms with Crippen LogP contribution in [0.3, 0.4) is 0 Å². The second kappa shape index (κ2) is 7.59. The zero-order valence-corrected chi connectivity index (χ0v) is 8.30. The van der Waals surface area contributed by atoms with Gasteiger partial charge >= 0.3 is 0 Å². The lowest BCUT2D eigenvalue weighted by Gasteiger charge is -1.92. The third kappa shape index (κ3) is 5.23. The lowest BCUT2D eigenvalue weighted by atomic mass is 10.2. The van der Waals surface area contributed by atoms with Crippen LogP contribution in [-0.2, 0) is 0 Å². The molecule has 0 atom stereocenters. The topological polar surface area (TPSA) is 26.0 Å². The molecule has 0 bridgehead atoms. The first-order chi connectivity index (χ1) is 6.26. The van der Waals surface area contributed by atoms with E-state index in [1.54, 1.807) is 12.2 Å². The van der Waals surface area contributed by atoms with Gasteiger partial charge in [0.05, 0.1) is 0 Å². The molecule has 0 heterocycles. The highest BCUT2D eigenvalue weighted by Crippen LogP contribution is 2.14. The van der Waals surface area contributed by atoms with E-state index in [-0.39, 0.29) is 0 Å². The van der Waals surface area contributed by atoms with E-state index in [0.717, 1.165) is 10.6 Å². The minimum atomic E-state index is 0.583. The van der Waals surface area contributed by atoms with E-state index in [4.69, 9.17) is 17.3 Å². The zero-order valence-electron chi connectivity index (χ0n) is 7.54. The van der Waals surface area contributed by atoms with Gasteiger partial charge in [-0.25, -0.2) is 0 Å². The van der Waals surface area contributed by atoms with Gasteiger partial charge in [0.2, 0.25) is 0 Å². The molecule has 0 aromatic heterocycles. The molecule has 13 heavy (non-hydrogen) atoms. The zero-order chi connectivity index (χ0) is 10.1. The van der Waals surface area contributed by atoms with Crippen LogP contribution >= 0.6 is 11.6 Å². The first-order valence-electron chi connectivity index (χ1n) is 3.94. The van der Waals surface area contributed by atoms with Gasteiger partial charge in [0.15, 0.2) is 0 Å². The molecule has 2 N–H and O–H groups in total. The van der Waals surface area contributed by atoms with Gasteiger partial charge in [-0.05, 0) is 11.6 Å². The van der Waals surface area contributed by atoms with Crippen molar-refractivity contribution in [2.75, 3.05) is 6.54 Å². The van der Waals surface area contributed by atoms with Gasteiger partial charge in [0, 0.05) is 11.6 Å². The molecule has 1 aromatic carbocycles. The third-order valence-electron chi connectivity index (χ3n) is 1.29. The summed E-state index contributed by atoms with van der Waals surface area (Å²) in [6.45, 7) is 7.54. The Morgan fingerprint density at radius 3 is 2.15 bits per heavy atom. The number of nitrogens with two attached hydrogens (primary N) is 1. The van der Waals surface area contributed by atoms with Crippen molar-refractivity contribution in [3.05, 3.63) is 54.1 Å². The standard InChI is InChI=1S/C8H7Cl.C3H7N/c1-2-7-5-3-4-6-8(7)9;1-2-3-4/h2-6H,1H2;2H,1,3-4H2. The molecule has 0 spiro atoms. The summed E-state index contributed by atoms with van der Waals surface area (Å²) < 4.78 is 0. The first kappa shape index (κ1) is 11.9. The predicted molar refractivity (Wildman–Crippen MR) is 60.8 cm³/mol. The number of rotatable bonds is 2. The van der Waals surface area contributed by atoms with Gasteiger partial charge < -0.3 is 5.73 Å². The van der Waals surface area contributed by atoms with Crippen LogP contribution < -0.4 is 5.73 Å². The highest BCUT2D eigenvalue weighted by molar-refractivity contribution is 6.32. The van der Waals surface area contributed by atoms with E-state index in [1.165, 1.54) is 0 Å². The minimum absolute atomic E-state index is 0.583. The fraction of sp³-hybridized carbons (Fsp3) is 0.0909. The van der Waals surface area contributed by atoms with Crippen molar-refractivity contribution in [2.45, 2.75) is 0 Å². The Bertz CT molecular complexity index is 269. The maximum Gasteiger partial charge on any atom is 0.0478 e. The summed E-state index contributed by atoms with van der Waals surface area (Å²) >= 11 is 5.75. The Hall–Kier alpha value is -1.05. The van der Waals surface area contributed by atoms with Gasteiger partial charge in [0.25, 0.3) is 0 Å². The van der Waals surface area contributed by atoms with E-state index >= 15 is 0 Å². The van der Waals surface area contributed by atoms with Gasteiger partial charge in [-0.15, -0.1) is 6.58 Å². The van der Waals surface area contributed by atoms with Gasteiger partial charge in [-0.3, -0.25) is 0 Å². The molecule has 0 saturated heterocycles. The molecule has 0 unspecified atom stereocenters. The molecular weight excluding hydrogens is 182 g/mol. The predicted octanol–water partition coefficient (Wildman–Crippen LogP) is 3.11. The van der Waals surface area contributed by atoms with Crippen molar-refractivity contribution < 1.29 is 0 Å². The SMILES string of the molecule is C=CCN.C=Cc1ccccc1Cl. The van der Waals surface area contributed by atoms with Crippen molar-refractivity contribution in [2.24, 2.45) is 5.73 Å². The normalized spacial score (nSPS) is 8.15. The van der Waals surface area contributed by atoms with Crippen molar-refractivity contribution in [3.8, 4) is 0 Å².